The molecule has 0 unspecified atom stereocenters. The standard InChI is InChI=1S/C14H25N5O/c1-3-19-13(8-11(2)17-19)9-18(10-14(15)20)12-4-6-16-7-5-12/h8,12,16H,3-7,9-10H2,1-2H3,(H2,15,20). The summed E-state index contributed by atoms with van der Waals surface area (Å²) in [5.41, 5.74) is 7.59. The summed E-state index contributed by atoms with van der Waals surface area (Å²) in [5, 5.41) is 7.82. The van der Waals surface area contributed by atoms with Crippen molar-refractivity contribution in [2.45, 2.75) is 45.8 Å². The van der Waals surface area contributed by atoms with Crippen LogP contribution in [0.3, 0.4) is 0 Å². The first-order valence-corrected chi connectivity index (χ1v) is 7.36. The Kier molecular flexibility index (Phi) is 5.14. The van der Waals surface area contributed by atoms with E-state index >= 15 is 0 Å². The third-order valence-corrected chi connectivity index (χ3v) is 3.83. The van der Waals surface area contributed by atoms with Gasteiger partial charge >= 0.3 is 0 Å². The van der Waals surface area contributed by atoms with Crippen LogP contribution in [0.5, 0.6) is 0 Å². The minimum absolute atomic E-state index is 0.261. The molecule has 0 aliphatic carbocycles. The van der Waals surface area contributed by atoms with Gasteiger partial charge in [0.2, 0.25) is 5.91 Å². The number of nitrogens with two attached hydrogens (primary N) is 1. The van der Waals surface area contributed by atoms with Crippen molar-refractivity contribution in [2.24, 2.45) is 5.73 Å². The predicted octanol–water partition coefficient (Wildman–Crippen LogP) is 0.251. The van der Waals surface area contributed by atoms with E-state index in [1.165, 1.54) is 0 Å². The van der Waals surface area contributed by atoms with Gasteiger partial charge in [0.05, 0.1) is 17.9 Å². The number of aromatic nitrogens is 2. The third-order valence-electron chi connectivity index (χ3n) is 3.83. The van der Waals surface area contributed by atoms with Crippen LogP contribution in [0, 0.1) is 6.92 Å². The molecule has 6 nitrogen and oxygen atoms in total. The summed E-state index contributed by atoms with van der Waals surface area (Å²) in [5.74, 6) is -0.261. The first-order chi connectivity index (χ1) is 9.60. The van der Waals surface area contributed by atoms with Crippen molar-refractivity contribution in [1.82, 2.24) is 20.0 Å². The molecule has 0 atom stereocenters. The molecule has 0 bridgehead atoms. The largest absolute Gasteiger partial charge is 0.369 e. The maximum Gasteiger partial charge on any atom is 0.231 e. The van der Waals surface area contributed by atoms with Gasteiger partial charge in [0.15, 0.2) is 0 Å². The maximum absolute atomic E-state index is 11.3. The van der Waals surface area contributed by atoms with E-state index in [0.29, 0.717) is 12.6 Å². The van der Waals surface area contributed by atoms with Crippen molar-refractivity contribution in [2.75, 3.05) is 19.6 Å². The normalized spacial score (nSPS) is 16.8. The summed E-state index contributed by atoms with van der Waals surface area (Å²) in [7, 11) is 0. The van der Waals surface area contributed by atoms with E-state index in [4.69, 9.17) is 5.73 Å². The molecule has 0 radical (unpaired) electrons. The number of aryl methyl sites for hydroxylation is 2. The number of carbonyl (C=O) groups is 1. The highest BCUT2D eigenvalue weighted by Crippen LogP contribution is 2.16. The number of piperidine rings is 1. The number of nitrogens with one attached hydrogen (secondary N) is 1. The second-order valence-corrected chi connectivity index (χ2v) is 5.45. The minimum atomic E-state index is -0.261. The van der Waals surface area contributed by atoms with Crippen LogP contribution in [0.15, 0.2) is 6.07 Å². The average Bonchev–Trinajstić information content (AvgIpc) is 2.78. The lowest BCUT2D eigenvalue weighted by atomic mass is 10.0. The zero-order valence-electron chi connectivity index (χ0n) is 12.4. The lowest BCUT2D eigenvalue weighted by molar-refractivity contribution is -0.120. The van der Waals surface area contributed by atoms with Crippen molar-refractivity contribution in [1.29, 1.82) is 0 Å². The van der Waals surface area contributed by atoms with E-state index in [1.54, 1.807) is 0 Å². The highest BCUT2D eigenvalue weighted by atomic mass is 16.1. The number of nitrogens with zero attached hydrogens (tertiary/aromatic N) is 3. The molecule has 20 heavy (non-hydrogen) atoms. The molecule has 6 heteroatoms. The summed E-state index contributed by atoms with van der Waals surface area (Å²) in [6.07, 6.45) is 2.12. The molecule has 1 aliphatic rings. The van der Waals surface area contributed by atoms with Crippen molar-refractivity contribution in [3.8, 4) is 0 Å². The molecule has 1 aromatic rings. The van der Waals surface area contributed by atoms with E-state index in [0.717, 1.165) is 50.4 Å². The molecule has 1 amide bonds. The molecule has 1 aliphatic heterocycles. The van der Waals surface area contributed by atoms with Crippen molar-refractivity contribution >= 4 is 5.91 Å². The van der Waals surface area contributed by atoms with Crippen LogP contribution in [0.1, 0.15) is 31.2 Å². The molecule has 0 spiro atoms. The zero-order valence-corrected chi connectivity index (χ0v) is 12.4. The van der Waals surface area contributed by atoms with Crippen molar-refractivity contribution in [3.05, 3.63) is 17.5 Å². The molecule has 2 rings (SSSR count). The Morgan fingerprint density at radius 2 is 2.25 bits per heavy atom. The van der Waals surface area contributed by atoms with Crippen LogP contribution in [0.4, 0.5) is 0 Å². The lowest BCUT2D eigenvalue weighted by Crippen LogP contribution is -2.46. The number of hydrogen-bond acceptors (Lipinski definition) is 4. The van der Waals surface area contributed by atoms with Gasteiger partial charge in [-0.25, -0.2) is 0 Å². The van der Waals surface area contributed by atoms with Crippen molar-refractivity contribution < 1.29 is 4.79 Å². The van der Waals surface area contributed by atoms with Gasteiger partial charge in [0.1, 0.15) is 0 Å². The quantitative estimate of drug-likeness (QED) is 0.782. The Morgan fingerprint density at radius 1 is 1.55 bits per heavy atom. The van der Waals surface area contributed by atoms with Crippen LogP contribution in [0.25, 0.3) is 0 Å². The average molecular weight is 279 g/mol. The molecule has 2 heterocycles. The summed E-state index contributed by atoms with van der Waals surface area (Å²) in [6.45, 7) is 8.00. The minimum Gasteiger partial charge on any atom is -0.369 e. The second kappa shape index (κ2) is 6.85. The van der Waals surface area contributed by atoms with Crippen LogP contribution < -0.4 is 11.1 Å². The Balaban J connectivity index is 2.11. The van der Waals surface area contributed by atoms with E-state index in [2.05, 4.69) is 28.3 Å². The second-order valence-electron chi connectivity index (χ2n) is 5.45. The van der Waals surface area contributed by atoms with Gasteiger partial charge in [0, 0.05) is 19.1 Å². The van der Waals surface area contributed by atoms with Crippen molar-refractivity contribution in [3.63, 3.8) is 0 Å². The van der Waals surface area contributed by atoms with E-state index in [9.17, 15) is 4.79 Å². The zero-order chi connectivity index (χ0) is 14.5. The predicted molar refractivity (Wildman–Crippen MR) is 78.1 cm³/mol. The lowest BCUT2D eigenvalue weighted by Gasteiger charge is -2.33. The van der Waals surface area contributed by atoms with Gasteiger partial charge in [-0.05, 0) is 45.8 Å². The SMILES string of the molecule is CCn1nc(C)cc1CN(CC(N)=O)C1CCNCC1. The fraction of sp³-hybridized carbons (Fsp3) is 0.714. The fourth-order valence-corrected chi connectivity index (χ4v) is 2.89. The molecular weight excluding hydrogens is 254 g/mol. The highest BCUT2D eigenvalue weighted by Gasteiger charge is 2.23. The van der Waals surface area contributed by atoms with Gasteiger partial charge in [-0.15, -0.1) is 0 Å². The topological polar surface area (TPSA) is 76.2 Å². The first kappa shape index (κ1) is 15.0. The van der Waals surface area contributed by atoms with Gasteiger partial charge in [-0.2, -0.15) is 5.10 Å². The highest BCUT2D eigenvalue weighted by molar-refractivity contribution is 5.75. The molecule has 1 aromatic heterocycles. The molecule has 0 aromatic carbocycles. The Bertz CT molecular complexity index is 450. The number of amides is 1. The van der Waals surface area contributed by atoms with Crippen LogP contribution in [-0.4, -0.2) is 46.3 Å². The Hall–Kier alpha value is -1.40. The summed E-state index contributed by atoms with van der Waals surface area (Å²) >= 11 is 0. The van der Waals surface area contributed by atoms with Crippen LogP contribution in [0.2, 0.25) is 0 Å². The molecule has 1 fully saturated rings. The molecule has 3 N–H and O–H groups in total. The third kappa shape index (κ3) is 3.80. The van der Waals surface area contributed by atoms with E-state index in [-0.39, 0.29) is 5.91 Å². The number of rotatable bonds is 6. The number of carbonyl (C=O) groups excluding carboxylic acids is 1. The molecule has 0 saturated carbocycles. The van der Waals surface area contributed by atoms with Gasteiger partial charge in [-0.3, -0.25) is 14.4 Å². The Labute approximate surface area is 120 Å². The fourth-order valence-electron chi connectivity index (χ4n) is 2.89. The molecule has 1 saturated heterocycles. The van der Waals surface area contributed by atoms with Gasteiger partial charge in [0.25, 0.3) is 0 Å². The monoisotopic (exact) mass is 279 g/mol. The molecular formula is C14H25N5O. The molecule has 112 valence electrons. The summed E-state index contributed by atoms with van der Waals surface area (Å²) in [4.78, 5) is 13.5. The smallest absolute Gasteiger partial charge is 0.231 e. The van der Waals surface area contributed by atoms with Crippen LogP contribution >= 0.6 is 0 Å². The summed E-state index contributed by atoms with van der Waals surface area (Å²) in [6, 6.07) is 2.52. The number of primary amides is 1. The summed E-state index contributed by atoms with van der Waals surface area (Å²) < 4.78 is 2.00. The van der Waals surface area contributed by atoms with Crippen LogP contribution in [-0.2, 0) is 17.9 Å². The number of hydrogen-bond donors (Lipinski definition) is 2. The maximum atomic E-state index is 11.3. The van der Waals surface area contributed by atoms with E-state index < -0.39 is 0 Å². The van der Waals surface area contributed by atoms with Gasteiger partial charge in [-0.1, -0.05) is 0 Å². The van der Waals surface area contributed by atoms with E-state index in [1.807, 2.05) is 11.6 Å². The first-order valence-electron chi connectivity index (χ1n) is 7.36. The Morgan fingerprint density at radius 3 is 2.85 bits per heavy atom. The van der Waals surface area contributed by atoms with Gasteiger partial charge < -0.3 is 11.1 Å².